The molecule has 11 rings (SSSR count). The van der Waals surface area contributed by atoms with Gasteiger partial charge in [0, 0.05) is 101 Å². The molecule has 9 nitrogen and oxygen atoms in total. The van der Waals surface area contributed by atoms with Crippen LogP contribution in [0.1, 0.15) is 79.1 Å². The maximum absolute atomic E-state index is 13.9. The number of carbonyl (C=O) groups excluding carboxylic acids is 2. The molecular formula is C54H45N3O6. The van der Waals surface area contributed by atoms with E-state index in [-0.39, 0.29) is 11.9 Å². The van der Waals surface area contributed by atoms with Crippen LogP contribution in [0, 0.1) is 13.8 Å². The normalized spacial score (nSPS) is 18.2. The molecule has 0 aromatic heterocycles. The van der Waals surface area contributed by atoms with Crippen LogP contribution in [0.15, 0.2) is 140 Å². The second-order valence-corrected chi connectivity index (χ2v) is 16.7. The van der Waals surface area contributed by atoms with Gasteiger partial charge in [-0.15, -0.1) is 0 Å². The summed E-state index contributed by atoms with van der Waals surface area (Å²) in [4.78, 5) is 34.2. The average molecular weight is 832 g/mol. The summed E-state index contributed by atoms with van der Waals surface area (Å²) >= 11 is 0. The van der Waals surface area contributed by atoms with Crippen molar-refractivity contribution in [2.24, 2.45) is 0 Å². The monoisotopic (exact) mass is 831 g/mol. The van der Waals surface area contributed by atoms with E-state index in [1.165, 1.54) is 0 Å². The van der Waals surface area contributed by atoms with E-state index in [4.69, 9.17) is 18.9 Å². The number of anilines is 5. The highest BCUT2D eigenvalue weighted by Gasteiger charge is 2.55. The molecule has 2 unspecified atom stereocenters. The van der Waals surface area contributed by atoms with E-state index in [0.29, 0.717) is 39.7 Å². The first-order valence-electron chi connectivity index (χ1n) is 21.5. The number of nitrogens with zero attached hydrogens (tertiary/aromatic N) is 3. The zero-order chi connectivity index (χ0) is 43.4. The number of hydrogen-bond donors (Lipinski definition) is 0. The molecular weight excluding hydrogens is 787 g/mol. The van der Waals surface area contributed by atoms with Gasteiger partial charge in [0.1, 0.15) is 23.0 Å². The highest BCUT2D eigenvalue weighted by molar-refractivity contribution is 5.98. The number of hydrogen-bond acceptors (Lipinski definition) is 9. The van der Waals surface area contributed by atoms with Crippen molar-refractivity contribution >= 4 is 40.4 Å². The average Bonchev–Trinajstić information content (AvgIpc) is 3.78. The summed E-state index contributed by atoms with van der Waals surface area (Å²) in [7, 11) is 4.09. The minimum absolute atomic E-state index is 0.378. The SMILES string of the molecule is CCN(C)c1ccc2c(c1)Oc1cc(C)c(N(c3ccccc3)c3ccc4c(c3C)Oc3cc(N(C)CC)ccc3C43OC(=O)c4ccccc43)cc1C21OC(=O)c2ccccc21. The van der Waals surface area contributed by atoms with Crippen molar-refractivity contribution in [2.45, 2.75) is 38.9 Å². The van der Waals surface area contributed by atoms with Gasteiger partial charge in [0.25, 0.3) is 0 Å². The van der Waals surface area contributed by atoms with Crippen LogP contribution in [-0.4, -0.2) is 39.1 Å². The Bertz CT molecular complexity index is 3070. The lowest BCUT2D eigenvalue weighted by atomic mass is 9.76. The maximum atomic E-state index is 13.9. The number of para-hydroxylation sites is 1. The number of ether oxygens (including phenoxy) is 4. The molecule has 0 N–H and O–H groups in total. The van der Waals surface area contributed by atoms with Crippen LogP contribution < -0.4 is 24.2 Å². The third kappa shape index (κ3) is 5.35. The Labute approximate surface area is 366 Å². The van der Waals surface area contributed by atoms with Gasteiger partial charge in [0.2, 0.25) is 0 Å². The zero-order valence-electron chi connectivity index (χ0n) is 36.0. The van der Waals surface area contributed by atoms with Gasteiger partial charge in [0.05, 0.1) is 16.8 Å². The quantitative estimate of drug-likeness (QED) is 0.146. The third-order valence-corrected chi connectivity index (χ3v) is 13.4. The van der Waals surface area contributed by atoms with Crippen LogP contribution >= 0.6 is 0 Å². The lowest BCUT2D eigenvalue weighted by Gasteiger charge is -2.40. The molecule has 0 radical (unpaired) electrons. The van der Waals surface area contributed by atoms with Gasteiger partial charge in [-0.3, -0.25) is 0 Å². The van der Waals surface area contributed by atoms with Crippen molar-refractivity contribution in [1.29, 1.82) is 0 Å². The predicted molar refractivity (Wildman–Crippen MR) is 245 cm³/mol. The van der Waals surface area contributed by atoms with Crippen molar-refractivity contribution in [3.8, 4) is 23.0 Å². The number of esters is 2. The molecule has 4 aliphatic rings. The number of fused-ring (bicyclic) bond motifs is 12. The van der Waals surface area contributed by atoms with E-state index >= 15 is 0 Å². The summed E-state index contributed by atoms with van der Waals surface area (Å²) in [6.07, 6.45) is 0. The molecule has 7 aromatic rings. The topological polar surface area (TPSA) is 80.8 Å². The Morgan fingerprint density at radius 1 is 0.476 bits per heavy atom. The lowest BCUT2D eigenvalue weighted by Crippen LogP contribution is -2.34. The van der Waals surface area contributed by atoms with Crippen molar-refractivity contribution in [1.82, 2.24) is 0 Å². The zero-order valence-corrected chi connectivity index (χ0v) is 36.0. The summed E-state index contributed by atoms with van der Waals surface area (Å²) in [6, 6.07) is 46.0. The summed E-state index contributed by atoms with van der Waals surface area (Å²) in [6.45, 7) is 9.95. The molecule has 2 atom stereocenters. The third-order valence-electron chi connectivity index (χ3n) is 13.4. The first-order chi connectivity index (χ1) is 30.6. The van der Waals surface area contributed by atoms with Gasteiger partial charge in [-0.05, 0) is 106 Å². The van der Waals surface area contributed by atoms with E-state index in [0.717, 1.165) is 80.5 Å². The largest absolute Gasteiger partial charge is 0.456 e. The summed E-state index contributed by atoms with van der Waals surface area (Å²) in [5.41, 5.74) is 9.43. The Hall–Kier alpha value is -7.52. The molecule has 0 saturated carbocycles. The number of aryl methyl sites for hydroxylation is 1. The van der Waals surface area contributed by atoms with Gasteiger partial charge in [0.15, 0.2) is 11.2 Å². The molecule has 0 saturated heterocycles. The smallest absolute Gasteiger partial charge is 0.340 e. The fourth-order valence-corrected chi connectivity index (χ4v) is 9.95. The van der Waals surface area contributed by atoms with Crippen LogP contribution in [-0.2, 0) is 20.7 Å². The van der Waals surface area contributed by atoms with Gasteiger partial charge in [-0.1, -0.05) is 54.6 Å². The summed E-state index contributed by atoms with van der Waals surface area (Å²) in [5.74, 6) is 1.71. The minimum Gasteiger partial charge on any atom is -0.456 e. The van der Waals surface area contributed by atoms with Crippen molar-refractivity contribution in [2.75, 3.05) is 41.9 Å². The van der Waals surface area contributed by atoms with Crippen molar-refractivity contribution < 1.29 is 28.5 Å². The summed E-state index contributed by atoms with van der Waals surface area (Å²) in [5, 5.41) is 0. The van der Waals surface area contributed by atoms with E-state index in [1.54, 1.807) is 0 Å². The molecule has 7 aromatic carbocycles. The number of benzene rings is 7. The van der Waals surface area contributed by atoms with Gasteiger partial charge >= 0.3 is 11.9 Å². The first kappa shape index (κ1) is 38.4. The van der Waals surface area contributed by atoms with Crippen LogP contribution in [0.5, 0.6) is 23.0 Å². The maximum Gasteiger partial charge on any atom is 0.340 e. The van der Waals surface area contributed by atoms with E-state index in [1.807, 2.05) is 117 Å². The second-order valence-electron chi connectivity index (χ2n) is 16.7. The fraction of sp³-hybridized carbons (Fsp3) is 0.185. The van der Waals surface area contributed by atoms with Crippen LogP contribution in [0.3, 0.4) is 0 Å². The second kappa shape index (κ2) is 14.0. The minimum atomic E-state index is -1.28. The van der Waals surface area contributed by atoms with Gasteiger partial charge < -0.3 is 33.6 Å². The highest BCUT2D eigenvalue weighted by atomic mass is 16.6. The van der Waals surface area contributed by atoms with Crippen molar-refractivity contribution in [3.63, 3.8) is 0 Å². The molecule has 312 valence electrons. The molecule has 4 aliphatic heterocycles. The molecule has 0 aliphatic carbocycles. The molecule has 0 bridgehead atoms. The van der Waals surface area contributed by atoms with E-state index in [2.05, 4.69) is 78.8 Å². The Morgan fingerprint density at radius 2 is 0.984 bits per heavy atom. The fourth-order valence-electron chi connectivity index (χ4n) is 9.95. The van der Waals surface area contributed by atoms with Crippen LogP contribution in [0.2, 0.25) is 0 Å². The first-order valence-corrected chi connectivity index (χ1v) is 21.5. The highest BCUT2D eigenvalue weighted by Crippen LogP contribution is 2.61. The summed E-state index contributed by atoms with van der Waals surface area (Å²) < 4.78 is 27.1. The molecule has 9 heteroatoms. The molecule has 0 amide bonds. The van der Waals surface area contributed by atoms with Crippen LogP contribution in [0.4, 0.5) is 28.4 Å². The molecule has 63 heavy (non-hydrogen) atoms. The number of rotatable bonds is 7. The van der Waals surface area contributed by atoms with Gasteiger partial charge in [-0.2, -0.15) is 0 Å². The lowest BCUT2D eigenvalue weighted by molar-refractivity contribution is 0.0214. The predicted octanol–water partition coefficient (Wildman–Crippen LogP) is 11.8. The Morgan fingerprint density at radius 3 is 1.57 bits per heavy atom. The van der Waals surface area contributed by atoms with E-state index < -0.39 is 11.2 Å². The Balaban J connectivity index is 1.14. The van der Waals surface area contributed by atoms with E-state index in [9.17, 15) is 9.59 Å². The Kier molecular flexibility index (Phi) is 8.54. The molecule has 2 spiro atoms. The molecule has 4 heterocycles. The number of carbonyl (C=O) groups is 2. The molecule has 0 fully saturated rings. The standard InChI is InChI=1S/C54H45N3O6/c1-7-55(5)35-22-24-41-48(29-35)60-47-28-32(3)46(31-44(47)54(41)40-21-15-13-19-38(40)52(59)63-54)57(34-16-10-9-11-17-34)45-27-26-43-50(33(45)4)61-49-30-36(56(6)8-2)23-25-42(49)53(43)39-20-14-12-18-37(39)51(58)62-53/h9-31H,7-8H2,1-6H3. The van der Waals surface area contributed by atoms with Crippen molar-refractivity contribution in [3.05, 3.63) is 195 Å². The van der Waals surface area contributed by atoms with Gasteiger partial charge in [-0.25, -0.2) is 9.59 Å². The van der Waals surface area contributed by atoms with Crippen LogP contribution in [0.25, 0.3) is 0 Å².